The Morgan fingerprint density at radius 1 is 1.35 bits per heavy atom. The van der Waals surface area contributed by atoms with Gasteiger partial charge in [-0.15, -0.1) is 0 Å². The van der Waals surface area contributed by atoms with Gasteiger partial charge in [0.15, 0.2) is 0 Å². The molecule has 4 heteroatoms. The van der Waals surface area contributed by atoms with Crippen molar-refractivity contribution in [3.63, 3.8) is 0 Å². The van der Waals surface area contributed by atoms with Gasteiger partial charge in [0, 0.05) is 26.2 Å². The number of benzene rings is 1. The Labute approximate surface area is 121 Å². The highest BCUT2D eigenvalue weighted by Gasteiger charge is 2.30. The molecule has 1 aromatic carbocycles. The van der Waals surface area contributed by atoms with Crippen molar-refractivity contribution in [3.8, 4) is 0 Å². The van der Waals surface area contributed by atoms with E-state index in [0.29, 0.717) is 6.54 Å². The van der Waals surface area contributed by atoms with E-state index in [-0.39, 0.29) is 12.6 Å². The van der Waals surface area contributed by atoms with Gasteiger partial charge in [-0.1, -0.05) is 30.3 Å². The van der Waals surface area contributed by atoms with Crippen molar-refractivity contribution in [2.75, 3.05) is 33.3 Å². The van der Waals surface area contributed by atoms with Gasteiger partial charge >= 0.3 is 0 Å². The summed E-state index contributed by atoms with van der Waals surface area (Å²) in [6, 6.07) is 9.66. The van der Waals surface area contributed by atoms with Gasteiger partial charge in [-0.3, -0.25) is 0 Å². The molecular weight excluding hydrogens is 252 g/mol. The van der Waals surface area contributed by atoms with Crippen molar-refractivity contribution in [2.24, 2.45) is 5.73 Å². The highest BCUT2D eigenvalue weighted by atomic mass is 16.5. The van der Waals surface area contributed by atoms with Gasteiger partial charge in [0.2, 0.25) is 0 Å². The first-order valence-electron chi connectivity index (χ1n) is 7.42. The van der Waals surface area contributed by atoms with E-state index in [2.05, 4.69) is 4.90 Å². The molecule has 112 valence electrons. The van der Waals surface area contributed by atoms with Gasteiger partial charge in [0.05, 0.1) is 6.10 Å². The number of hydrogen-bond acceptors (Lipinski definition) is 4. The van der Waals surface area contributed by atoms with Gasteiger partial charge in [-0.25, -0.2) is 0 Å². The molecule has 0 spiro atoms. The van der Waals surface area contributed by atoms with E-state index in [1.807, 2.05) is 37.4 Å². The van der Waals surface area contributed by atoms with Crippen LogP contribution in [0.1, 0.15) is 24.8 Å². The first kappa shape index (κ1) is 15.4. The Kier molecular flexibility index (Phi) is 5.54. The Bertz CT molecular complexity index is 393. The van der Waals surface area contributed by atoms with E-state index in [4.69, 9.17) is 10.5 Å². The van der Waals surface area contributed by atoms with E-state index >= 15 is 0 Å². The number of aliphatic hydroxyl groups is 1. The molecule has 0 radical (unpaired) electrons. The zero-order valence-electron chi connectivity index (χ0n) is 12.3. The highest BCUT2D eigenvalue weighted by Crippen LogP contribution is 2.22. The quantitative estimate of drug-likeness (QED) is 0.824. The van der Waals surface area contributed by atoms with Crippen LogP contribution in [0.3, 0.4) is 0 Å². The summed E-state index contributed by atoms with van der Waals surface area (Å²) in [5, 5.41) is 10.8. The molecule has 1 aliphatic rings. The third-order valence-electron chi connectivity index (χ3n) is 3.97. The van der Waals surface area contributed by atoms with Crippen molar-refractivity contribution in [1.29, 1.82) is 0 Å². The second-order valence-corrected chi connectivity index (χ2v) is 5.79. The number of nitrogens with two attached hydrogens (primary N) is 1. The number of ether oxygens (including phenoxy) is 1. The fourth-order valence-corrected chi connectivity index (χ4v) is 2.83. The lowest BCUT2D eigenvalue weighted by molar-refractivity contribution is -0.0284. The van der Waals surface area contributed by atoms with Crippen molar-refractivity contribution >= 4 is 0 Å². The summed E-state index contributed by atoms with van der Waals surface area (Å²) < 4.78 is 5.75. The van der Waals surface area contributed by atoms with Gasteiger partial charge in [-0.2, -0.15) is 0 Å². The number of hydrogen-bond donors (Lipinski definition) is 2. The zero-order chi connectivity index (χ0) is 14.4. The van der Waals surface area contributed by atoms with Gasteiger partial charge < -0.3 is 20.5 Å². The topological polar surface area (TPSA) is 58.7 Å². The van der Waals surface area contributed by atoms with Crippen molar-refractivity contribution < 1.29 is 9.84 Å². The first-order chi connectivity index (χ1) is 9.64. The van der Waals surface area contributed by atoms with Crippen LogP contribution in [0.2, 0.25) is 0 Å². The van der Waals surface area contributed by atoms with E-state index in [1.54, 1.807) is 0 Å². The molecule has 4 nitrogen and oxygen atoms in total. The minimum atomic E-state index is -0.995. The Morgan fingerprint density at radius 3 is 2.70 bits per heavy atom. The van der Waals surface area contributed by atoms with Crippen LogP contribution in [-0.4, -0.2) is 49.4 Å². The fraction of sp³-hybridized carbons (Fsp3) is 0.625. The number of rotatable bonds is 6. The maximum atomic E-state index is 10.8. The monoisotopic (exact) mass is 278 g/mol. The van der Waals surface area contributed by atoms with Crippen LogP contribution in [0.5, 0.6) is 0 Å². The van der Waals surface area contributed by atoms with Crippen LogP contribution < -0.4 is 5.73 Å². The van der Waals surface area contributed by atoms with Crippen LogP contribution in [0, 0.1) is 0 Å². The van der Waals surface area contributed by atoms with Crippen molar-refractivity contribution in [1.82, 2.24) is 4.90 Å². The summed E-state index contributed by atoms with van der Waals surface area (Å²) >= 11 is 0. The predicted molar refractivity (Wildman–Crippen MR) is 80.5 cm³/mol. The third kappa shape index (κ3) is 4.03. The van der Waals surface area contributed by atoms with Gasteiger partial charge in [0.25, 0.3) is 0 Å². The molecule has 20 heavy (non-hydrogen) atoms. The second kappa shape index (κ2) is 7.18. The van der Waals surface area contributed by atoms with Crippen LogP contribution in [0.4, 0.5) is 0 Å². The number of likely N-dealkylation sites (N-methyl/N-ethyl adjacent to an activating group) is 1. The molecule has 2 atom stereocenters. The molecule has 0 amide bonds. The molecule has 0 bridgehead atoms. The minimum Gasteiger partial charge on any atom is -0.382 e. The largest absolute Gasteiger partial charge is 0.382 e. The molecular formula is C16H26N2O2. The van der Waals surface area contributed by atoms with E-state index in [0.717, 1.165) is 31.6 Å². The van der Waals surface area contributed by atoms with Crippen LogP contribution in [-0.2, 0) is 10.3 Å². The number of nitrogens with zero attached hydrogens (tertiary/aromatic N) is 1. The van der Waals surface area contributed by atoms with Gasteiger partial charge in [-0.05, 0) is 31.9 Å². The average molecular weight is 278 g/mol. The Balaban J connectivity index is 1.94. The Hall–Kier alpha value is -0.940. The molecule has 0 aliphatic carbocycles. The minimum absolute atomic E-state index is 0.215. The molecule has 2 unspecified atom stereocenters. The molecule has 1 heterocycles. The summed E-state index contributed by atoms with van der Waals surface area (Å²) in [5.41, 5.74) is 5.69. The van der Waals surface area contributed by atoms with Crippen LogP contribution >= 0.6 is 0 Å². The predicted octanol–water partition coefficient (Wildman–Crippen LogP) is 1.33. The standard InChI is InChI=1S/C16H26N2O2/c1-18(11-15-9-5-6-10-20-15)13-16(19,12-17)14-7-3-2-4-8-14/h2-4,7-8,15,19H,5-6,9-13,17H2,1H3. The molecule has 1 saturated heterocycles. The smallest absolute Gasteiger partial charge is 0.114 e. The summed E-state index contributed by atoms with van der Waals surface area (Å²) in [7, 11) is 2.02. The normalized spacial score (nSPS) is 22.7. The second-order valence-electron chi connectivity index (χ2n) is 5.79. The van der Waals surface area contributed by atoms with Crippen LogP contribution in [0.25, 0.3) is 0 Å². The average Bonchev–Trinajstić information content (AvgIpc) is 2.49. The molecule has 3 N–H and O–H groups in total. The molecule has 0 saturated carbocycles. The Morgan fingerprint density at radius 2 is 2.10 bits per heavy atom. The SMILES string of the molecule is CN(CC1CCCCO1)CC(O)(CN)c1ccccc1. The van der Waals surface area contributed by atoms with Crippen molar-refractivity contribution in [2.45, 2.75) is 31.0 Å². The molecule has 0 aromatic heterocycles. The third-order valence-corrected chi connectivity index (χ3v) is 3.97. The van der Waals surface area contributed by atoms with Crippen molar-refractivity contribution in [3.05, 3.63) is 35.9 Å². The lowest BCUT2D eigenvalue weighted by atomic mass is 9.93. The summed E-state index contributed by atoms with van der Waals surface area (Å²) in [6.45, 7) is 2.44. The fourth-order valence-electron chi connectivity index (χ4n) is 2.83. The van der Waals surface area contributed by atoms with Crippen LogP contribution in [0.15, 0.2) is 30.3 Å². The van der Waals surface area contributed by atoms with E-state index < -0.39 is 5.60 Å². The summed E-state index contributed by atoms with van der Waals surface area (Å²) in [4.78, 5) is 2.12. The lowest BCUT2D eigenvalue weighted by Crippen LogP contribution is -2.47. The molecule has 1 aromatic rings. The lowest BCUT2D eigenvalue weighted by Gasteiger charge is -2.34. The summed E-state index contributed by atoms with van der Waals surface area (Å²) in [5.74, 6) is 0. The van der Waals surface area contributed by atoms with Gasteiger partial charge in [0.1, 0.15) is 5.60 Å². The zero-order valence-corrected chi connectivity index (χ0v) is 12.3. The molecule has 2 rings (SSSR count). The highest BCUT2D eigenvalue weighted by molar-refractivity contribution is 5.23. The van der Waals surface area contributed by atoms with E-state index in [1.165, 1.54) is 6.42 Å². The molecule has 1 aliphatic heterocycles. The maximum Gasteiger partial charge on any atom is 0.114 e. The van der Waals surface area contributed by atoms with E-state index in [9.17, 15) is 5.11 Å². The summed E-state index contributed by atoms with van der Waals surface area (Å²) in [6.07, 6.45) is 3.79. The maximum absolute atomic E-state index is 10.8. The molecule has 1 fully saturated rings. The first-order valence-corrected chi connectivity index (χ1v) is 7.42.